The number of carbonyl (C=O) groups is 1. The number of nitrogens with one attached hydrogen (secondary N) is 1. The molecule has 1 N–H and O–H groups in total. The van der Waals surface area contributed by atoms with Crippen LogP contribution < -0.4 is 10.1 Å². The average molecular weight is 248 g/mol. The summed E-state index contributed by atoms with van der Waals surface area (Å²) >= 11 is 0. The highest BCUT2D eigenvalue weighted by atomic mass is 16.5. The van der Waals surface area contributed by atoms with Gasteiger partial charge in [-0.3, -0.25) is 4.90 Å². The molecule has 2 atom stereocenters. The molecule has 1 heterocycles. The van der Waals surface area contributed by atoms with E-state index in [-0.39, 0.29) is 12.1 Å². The molecule has 4 heteroatoms. The van der Waals surface area contributed by atoms with E-state index in [1.165, 1.54) is 5.56 Å². The third-order valence-corrected chi connectivity index (χ3v) is 3.57. The average Bonchev–Trinajstić information content (AvgIpc) is 2.42. The van der Waals surface area contributed by atoms with Gasteiger partial charge in [0.15, 0.2) is 0 Å². The summed E-state index contributed by atoms with van der Waals surface area (Å²) in [6.07, 6.45) is 1.00. The molecule has 2 unspecified atom stereocenters. The largest absolute Gasteiger partial charge is 0.497 e. The van der Waals surface area contributed by atoms with E-state index in [2.05, 4.69) is 29.3 Å². The zero-order chi connectivity index (χ0) is 13.0. The summed E-state index contributed by atoms with van der Waals surface area (Å²) in [5, 5.41) is 3.22. The summed E-state index contributed by atoms with van der Waals surface area (Å²) < 4.78 is 5.14. The third kappa shape index (κ3) is 2.89. The standard InChI is InChI=1S/C14H20N2O2/c1-11-14(10-17)15-7-8-16(11)9-12-3-5-13(18-2)6-4-12/h3-6,10-11,14-15H,7-9H2,1-2H3. The molecule has 0 bridgehead atoms. The molecular formula is C14H20N2O2. The van der Waals surface area contributed by atoms with Crippen molar-refractivity contribution in [3.05, 3.63) is 29.8 Å². The molecule has 0 aromatic heterocycles. The number of rotatable bonds is 4. The molecule has 1 aromatic rings. The van der Waals surface area contributed by atoms with Crippen molar-refractivity contribution in [2.24, 2.45) is 0 Å². The normalized spacial score (nSPS) is 24.8. The van der Waals surface area contributed by atoms with Gasteiger partial charge in [0.05, 0.1) is 13.2 Å². The van der Waals surface area contributed by atoms with Crippen molar-refractivity contribution in [3.63, 3.8) is 0 Å². The predicted molar refractivity (Wildman–Crippen MR) is 70.7 cm³/mol. The van der Waals surface area contributed by atoms with Gasteiger partial charge in [0.2, 0.25) is 0 Å². The smallest absolute Gasteiger partial charge is 0.138 e. The summed E-state index contributed by atoms with van der Waals surface area (Å²) in [5.41, 5.74) is 1.24. The lowest BCUT2D eigenvalue weighted by Gasteiger charge is -2.37. The van der Waals surface area contributed by atoms with Crippen LogP contribution in [0.5, 0.6) is 5.75 Å². The minimum atomic E-state index is -0.0583. The van der Waals surface area contributed by atoms with Crippen molar-refractivity contribution < 1.29 is 9.53 Å². The van der Waals surface area contributed by atoms with E-state index in [4.69, 9.17) is 4.74 Å². The van der Waals surface area contributed by atoms with E-state index >= 15 is 0 Å². The number of benzene rings is 1. The van der Waals surface area contributed by atoms with Gasteiger partial charge in [0, 0.05) is 25.7 Å². The SMILES string of the molecule is COc1ccc(CN2CCNC(C=O)C2C)cc1. The number of hydrogen-bond donors (Lipinski definition) is 1. The quantitative estimate of drug-likeness (QED) is 0.809. The van der Waals surface area contributed by atoms with Crippen LogP contribution in [-0.4, -0.2) is 43.5 Å². The molecule has 1 aliphatic rings. The number of hydrogen-bond acceptors (Lipinski definition) is 4. The van der Waals surface area contributed by atoms with Crippen molar-refractivity contribution in [1.29, 1.82) is 0 Å². The van der Waals surface area contributed by atoms with E-state index in [1.807, 2.05) is 12.1 Å². The molecule has 1 saturated heterocycles. The molecule has 0 saturated carbocycles. The van der Waals surface area contributed by atoms with Crippen LogP contribution >= 0.6 is 0 Å². The number of ether oxygens (including phenoxy) is 1. The summed E-state index contributed by atoms with van der Waals surface area (Å²) in [6, 6.07) is 8.27. The fourth-order valence-electron chi connectivity index (χ4n) is 2.33. The molecule has 4 nitrogen and oxygen atoms in total. The maximum Gasteiger partial charge on any atom is 0.138 e. The molecule has 2 rings (SSSR count). The molecule has 1 aliphatic heterocycles. The maximum atomic E-state index is 10.9. The van der Waals surface area contributed by atoms with Gasteiger partial charge in [0.25, 0.3) is 0 Å². The Morgan fingerprint density at radius 3 is 2.78 bits per heavy atom. The van der Waals surface area contributed by atoms with E-state index in [0.29, 0.717) is 0 Å². The van der Waals surface area contributed by atoms with Gasteiger partial charge in [-0.15, -0.1) is 0 Å². The Kier molecular flexibility index (Phi) is 4.33. The first-order chi connectivity index (χ1) is 8.74. The number of nitrogens with zero attached hydrogens (tertiary/aromatic N) is 1. The molecule has 98 valence electrons. The maximum absolute atomic E-state index is 10.9. The van der Waals surface area contributed by atoms with Crippen LogP contribution in [0.3, 0.4) is 0 Å². The first kappa shape index (κ1) is 13.1. The van der Waals surface area contributed by atoms with Crippen LogP contribution in [0.15, 0.2) is 24.3 Å². The zero-order valence-corrected chi connectivity index (χ0v) is 10.9. The van der Waals surface area contributed by atoms with Crippen LogP contribution in [0, 0.1) is 0 Å². The van der Waals surface area contributed by atoms with E-state index in [1.54, 1.807) is 7.11 Å². The third-order valence-electron chi connectivity index (χ3n) is 3.57. The van der Waals surface area contributed by atoms with Gasteiger partial charge < -0.3 is 14.8 Å². The number of carbonyl (C=O) groups excluding carboxylic acids is 1. The Bertz CT molecular complexity index is 391. The van der Waals surface area contributed by atoms with E-state index in [0.717, 1.165) is 31.7 Å². The summed E-state index contributed by atoms with van der Waals surface area (Å²) in [6.45, 7) is 4.80. The van der Waals surface area contributed by atoms with Gasteiger partial charge in [-0.25, -0.2) is 0 Å². The molecule has 1 fully saturated rings. The van der Waals surface area contributed by atoms with Crippen molar-refractivity contribution in [2.45, 2.75) is 25.6 Å². The summed E-state index contributed by atoms with van der Waals surface area (Å²) in [5.74, 6) is 0.873. The molecule has 0 aliphatic carbocycles. The van der Waals surface area contributed by atoms with Gasteiger partial charge in [0.1, 0.15) is 12.0 Å². The van der Waals surface area contributed by atoms with Crippen LogP contribution in [0.4, 0.5) is 0 Å². The Morgan fingerprint density at radius 2 is 2.17 bits per heavy atom. The van der Waals surface area contributed by atoms with Crippen LogP contribution in [0.2, 0.25) is 0 Å². The highest BCUT2D eigenvalue weighted by molar-refractivity contribution is 5.59. The minimum absolute atomic E-state index is 0.0583. The van der Waals surface area contributed by atoms with Gasteiger partial charge >= 0.3 is 0 Å². The van der Waals surface area contributed by atoms with Crippen LogP contribution in [0.25, 0.3) is 0 Å². The van der Waals surface area contributed by atoms with Gasteiger partial charge in [-0.1, -0.05) is 12.1 Å². The number of piperazine rings is 1. The Balaban J connectivity index is 2.01. The van der Waals surface area contributed by atoms with Gasteiger partial charge in [-0.2, -0.15) is 0 Å². The van der Waals surface area contributed by atoms with Crippen molar-refractivity contribution in [3.8, 4) is 5.75 Å². The molecule has 0 amide bonds. The van der Waals surface area contributed by atoms with Crippen LogP contribution in [0.1, 0.15) is 12.5 Å². The first-order valence-corrected chi connectivity index (χ1v) is 6.30. The molecule has 1 aromatic carbocycles. The Morgan fingerprint density at radius 1 is 1.44 bits per heavy atom. The lowest BCUT2D eigenvalue weighted by Crippen LogP contribution is -2.56. The highest BCUT2D eigenvalue weighted by Crippen LogP contribution is 2.16. The lowest BCUT2D eigenvalue weighted by atomic mass is 10.1. The number of aldehydes is 1. The highest BCUT2D eigenvalue weighted by Gasteiger charge is 2.26. The van der Waals surface area contributed by atoms with Crippen molar-refractivity contribution in [2.75, 3.05) is 20.2 Å². The molecule has 0 radical (unpaired) electrons. The fourth-order valence-corrected chi connectivity index (χ4v) is 2.33. The van der Waals surface area contributed by atoms with Crippen molar-refractivity contribution in [1.82, 2.24) is 10.2 Å². The lowest BCUT2D eigenvalue weighted by molar-refractivity contribution is -0.111. The molecule has 18 heavy (non-hydrogen) atoms. The Hall–Kier alpha value is -1.39. The predicted octanol–water partition coefficient (Wildman–Crippen LogP) is 1.06. The van der Waals surface area contributed by atoms with Crippen molar-refractivity contribution >= 4 is 6.29 Å². The first-order valence-electron chi connectivity index (χ1n) is 6.30. The van der Waals surface area contributed by atoms with Crippen LogP contribution in [-0.2, 0) is 11.3 Å². The van der Waals surface area contributed by atoms with E-state index < -0.39 is 0 Å². The Labute approximate surface area is 108 Å². The zero-order valence-electron chi connectivity index (χ0n) is 10.9. The molecule has 0 spiro atoms. The van der Waals surface area contributed by atoms with Gasteiger partial charge in [-0.05, 0) is 24.6 Å². The summed E-state index contributed by atoms with van der Waals surface area (Å²) in [4.78, 5) is 13.3. The number of methoxy groups -OCH3 is 1. The second kappa shape index (κ2) is 5.98. The fraction of sp³-hybridized carbons (Fsp3) is 0.500. The molecular weight excluding hydrogens is 228 g/mol. The second-order valence-corrected chi connectivity index (χ2v) is 4.68. The minimum Gasteiger partial charge on any atom is -0.497 e. The second-order valence-electron chi connectivity index (χ2n) is 4.68. The topological polar surface area (TPSA) is 41.6 Å². The summed E-state index contributed by atoms with van der Waals surface area (Å²) in [7, 11) is 1.67. The van der Waals surface area contributed by atoms with E-state index in [9.17, 15) is 4.79 Å². The monoisotopic (exact) mass is 248 g/mol.